The standard InChI is InChI=1S/C37H44N4O7.H2/c1-6-47-36(44)37-21-24(37)11-9-7-8-10-18-41(3)35(43)29-20-26(19-28(29)33(42)40-37)48-34-27-16-17-30(46-5)22(2)31(27)38-32(39-34)23-12-14-25(45-4)15-13-23;/h9,11-17,24,26,28-29H,6-8,10,18-21H2,1-5H3,(H,40,42);1H/b11-9-;/t24-,26-,28-,29-,37-;/m1./s1. The fourth-order valence-corrected chi connectivity index (χ4v) is 7.06. The van der Waals surface area contributed by atoms with Crippen molar-refractivity contribution >= 4 is 28.7 Å². The van der Waals surface area contributed by atoms with Gasteiger partial charge in [0.05, 0.1) is 43.6 Å². The van der Waals surface area contributed by atoms with Crippen LogP contribution in [0.5, 0.6) is 17.4 Å². The molecule has 2 aliphatic carbocycles. The van der Waals surface area contributed by atoms with Gasteiger partial charge in [-0.1, -0.05) is 12.2 Å². The highest BCUT2D eigenvalue weighted by Gasteiger charge is 2.62. The maximum absolute atomic E-state index is 14.1. The van der Waals surface area contributed by atoms with Crippen LogP contribution in [0, 0.1) is 24.7 Å². The number of aryl methyl sites for hydroxylation is 1. The Kier molecular flexibility index (Phi) is 9.57. The lowest BCUT2D eigenvalue weighted by Crippen LogP contribution is -2.50. The number of benzene rings is 2. The molecule has 6 rings (SSSR count). The van der Waals surface area contributed by atoms with Gasteiger partial charge in [-0.2, -0.15) is 4.98 Å². The maximum Gasteiger partial charge on any atom is 0.332 e. The highest BCUT2D eigenvalue weighted by molar-refractivity contribution is 5.95. The minimum atomic E-state index is -1.11. The molecule has 3 aliphatic rings. The Hall–Kier alpha value is -4.67. The second-order valence-electron chi connectivity index (χ2n) is 13.0. The summed E-state index contributed by atoms with van der Waals surface area (Å²) in [6, 6.07) is 11.2. The predicted molar refractivity (Wildman–Crippen MR) is 182 cm³/mol. The van der Waals surface area contributed by atoms with Crippen LogP contribution < -0.4 is 19.5 Å². The third kappa shape index (κ3) is 6.42. The van der Waals surface area contributed by atoms with Crippen LogP contribution in [0.4, 0.5) is 0 Å². The van der Waals surface area contributed by atoms with Gasteiger partial charge in [0.2, 0.25) is 17.7 Å². The van der Waals surface area contributed by atoms with Crippen molar-refractivity contribution in [3.8, 4) is 28.8 Å². The van der Waals surface area contributed by atoms with Crippen molar-refractivity contribution in [3.63, 3.8) is 0 Å². The van der Waals surface area contributed by atoms with E-state index in [9.17, 15) is 14.4 Å². The minimum Gasteiger partial charge on any atom is -0.497 e. The molecule has 0 spiro atoms. The average Bonchev–Trinajstić information content (AvgIpc) is 3.62. The largest absolute Gasteiger partial charge is 0.497 e. The molecule has 1 aromatic heterocycles. The molecule has 0 bridgehead atoms. The van der Waals surface area contributed by atoms with E-state index in [0.29, 0.717) is 53.5 Å². The topological polar surface area (TPSA) is 129 Å². The normalized spacial score (nSPS) is 26.5. The van der Waals surface area contributed by atoms with Gasteiger partial charge in [-0.3, -0.25) is 9.59 Å². The summed E-state index contributed by atoms with van der Waals surface area (Å²) in [4.78, 5) is 52.6. The first kappa shape index (κ1) is 33.2. The summed E-state index contributed by atoms with van der Waals surface area (Å²) >= 11 is 0. The number of nitrogens with zero attached hydrogens (tertiary/aromatic N) is 3. The predicted octanol–water partition coefficient (Wildman–Crippen LogP) is 5.28. The molecule has 2 fully saturated rings. The summed E-state index contributed by atoms with van der Waals surface area (Å²) in [6.07, 6.45) is 7.28. The Morgan fingerprint density at radius 3 is 2.54 bits per heavy atom. The van der Waals surface area contributed by atoms with Gasteiger partial charge in [-0.05, 0) is 88.8 Å². The molecular formula is C37H46N4O7. The lowest BCUT2D eigenvalue weighted by molar-refractivity contribution is -0.150. The van der Waals surface area contributed by atoms with Gasteiger partial charge >= 0.3 is 5.97 Å². The zero-order valence-corrected chi connectivity index (χ0v) is 28.3. The first-order valence-electron chi connectivity index (χ1n) is 16.8. The number of carbonyl (C=O) groups is 3. The molecule has 256 valence electrons. The summed E-state index contributed by atoms with van der Waals surface area (Å²) < 4.78 is 23.0. The van der Waals surface area contributed by atoms with Gasteiger partial charge in [0.1, 0.15) is 23.1 Å². The number of nitrogens with one attached hydrogen (secondary N) is 1. The molecule has 11 nitrogen and oxygen atoms in total. The number of rotatable bonds is 7. The van der Waals surface area contributed by atoms with E-state index in [-0.39, 0.29) is 32.2 Å². The van der Waals surface area contributed by atoms with Crippen molar-refractivity contribution < 1.29 is 34.8 Å². The SMILES string of the molecule is CCOC(=O)[C@@]12C[C@H]1/C=C\CCCCN(C)C(=O)[C@@H]1C[C@H](Oc3nc(-c4ccc(OC)cc4)nc4c(C)c(OC)ccc34)C[C@H]1C(=O)N2.[HH]. The average molecular weight is 659 g/mol. The summed E-state index contributed by atoms with van der Waals surface area (Å²) in [5, 5.41) is 3.75. The van der Waals surface area contributed by atoms with Crippen molar-refractivity contribution in [1.82, 2.24) is 20.2 Å². The number of hydrogen-bond acceptors (Lipinski definition) is 9. The Balaban J connectivity index is 0.00000468. The number of hydrogen-bond donors (Lipinski definition) is 1. The van der Waals surface area contributed by atoms with Gasteiger partial charge in [0.15, 0.2) is 5.82 Å². The summed E-state index contributed by atoms with van der Waals surface area (Å²) in [6.45, 7) is 4.51. The van der Waals surface area contributed by atoms with Crippen LogP contribution in [0.2, 0.25) is 0 Å². The lowest BCUT2D eigenvalue weighted by Gasteiger charge is -2.26. The minimum absolute atomic E-state index is 0. The Morgan fingerprint density at radius 2 is 1.81 bits per heavy atom. The van der Waals surface area contributed by atoms with E-state index in [4.69, 9.17) is 28.9 Å². The molecule has 48 heavy (non-hydrogen) atoms. The zero-order chi connectivity index (χ0) is 34.0. The molecule has 5 atom stereocenters. The molecule has 3 aromatic rings. The molecule has 2 aromatic carbocycles. The van der Waals surface area contributed by atoms with Crippen LogP contribution in [-0.4, -0.2) is 78.7 Å². The number of fused-ring (bicyclic) bond motifs is 3. The number of allylic oxidation sites excluding steroid dienone is 1. The Morgan fingerprint density at radius 1 is 1.04 bits per heavy atom. The molecule has 0 saturated heterocycles. The number of aromatic nitrogens is 2. The van der Waals surface area contributed by atoms with Crippen molar-refractivity contribution in [2.45, 2.75) is 64.0 Å². The summed E-state index contributed by atoms with van der Waals surface area (Å²) in [7, 11) is 5.02. The third-order valence-electron chi connectivity index (χ3n) is 9.92. The first-order chi connectivity index (χ1) is 23.2. The van der Waals surface area contributed by atoms with Gasteiger partial charge in [0.25, 0.3) is 0 Å². The monoisotopic (exact) mass is 658 g/mol. The third-order valence-corrected chi connectivity index (χ3v) is 9.92. The number of ether oxygens (including phenoxy) is 4. The summed E-state index contributed by atoms with van der Waals surface area (Å²) in [5.74, 6) is -0.0931. The number of esters is 1. The second-order valence-corrected chi connectivity index (χ2v) is 13.0. The van der Waals surface area contributed by atoms with E-state index in [1.54, 1.807) is 33.1 Å². The molecule has 1 N–H and O–H groups in total. The van der Waals surface area contributed by atoms with Gasteiger partial charge in [-0.15, -0.1) is 0 Å². The number of carbonyl (C=O) groups excluding carboxylic acids is 3. The molecular weight excluding hydrogens is 612 g/mol. The molecule has 0 radical (unpaired) electrons. The van der Waals surface area contributed by atoms with Crippen LogP contribution in [0.25, 0.3) is 22.3 Å². The van der Waals surface area contributed by atoms with Crippen LogP contribution in [0.3, 0.4) is 0 Å². The van der Waals surface area contributed by atoms with Crippen LogP contribution >= 0.6 is 0 Å². The van der Waals surface area contributed by atoms with E-state index < -0.39 is 29.4 Å². The molecule has 1 aliphatic heterocycles. The Labute approximate surface area is 282 Å². The highest BCUT2D eigenvalue weighted by Crippen LogP contribution is 2.47. The molecule has 2 saturated carbocycles. The lowest BCUT2D eigenvalue weighted by atomic mass is 9.93. The fraction of sp³-hybridized carbons (Fsp3) is 0.486. The van der Waals surface area contributed by atoms with Crippen LogP contribution in [-0.2, 0) is 19.1 Å². The van der Waals surface area contributed by atoms with Crippen LogP contribution in [0.15, 0.2) is 48.6 Å². The van der Waals surface area contributed by atoms with Crippen LogP contribution in [0.1, 0.15) is 52.4 Å². The first-order valence-corrected chi connectivity index (χ1v) is 16.8. The Bertz CT molecular complexity index is 1730. The van der Waals surface area contributed by atoms with E-state index in [2.05, 4.69) is 11.4 Å². The summed E-state index contributed by atoms with van der Waals surface area (Å²) in [5.41, 5.74) is 1.18. The second kappa shape index (κ2) is 13.8. The number of methoxy groups -OCH3 is 2. The quantitative estimate of drug-likeness (QED) is 0.266. The van der Waals surface area contributed by atoms with E-state index >= 15 is 0 Å². The van der Waals surface area contributed by atoms with Gasteiger partial charge < -0.3 is 29.2 Å². The molecule has 11 heteroatoms. The smallest absolute Gasteiger partial charge is 0.332 e. The molecule has 2 amide bonds. The molecule has 2 heterocycles. The highest BCUT2D eigenvalue weighted by atomic mass is 16.5. The van der Waals surface area contributed by atoms with Crippen molar-refractivity contribution in [3.05, 3.63) is 54.1 Å². The van der Waals surface area contributed by atoms with E-state index in [0.717, 1.165) is 30.4 Å². The maximum atomic E-state index is 14.1. The van der Waals surface area contributed by atoms with Crippen molar-refractivity contribution in [2.24, 2.45) is 17.8 Å². The van der Waals surface area contributed by atoms with E-state index in [1.807, 2.05) is 49.4 Å². The number of amides is 2. The van der Waals surface area contributed by atoms with E-state index in [1.165, 1.54) is 0 Å². The molecule has 0 unspecified atom stereocenters. The van der Waals surface area contributed by atoms with Gasteiger partial charge in [-0.25, -0.2) is 9.78 Å². The zero-order valence-electron chi connectivity index (χ0n) is 28.3. The fourth-order valence-electron chi connectivity index (χ4n) is 7.06. The van der Waals surface area contributed by atoms with Crippen molar-refractivity contribution in [2.75, 3.05) is 34.4 Å². The van der Waals surface area contributed by atoms with Crippen molar-refractivity contribution in [1.29, 1.82) is 0 Å². The van der Waals surface area contributed by atoms with Gasteiger partial charge in [0, 0.05) is 32.1 Å².